The predicted octanol–water partition coefficient (Wildman–Crippen LogP) is 0.718. The SMILES string of the molecule is C=C(N)c1nc2c(s1)CNCC2. The average Bonchev–Trinajstić information content (AvgIpc) is 2.46. The first-order valence-corrected chi connectivity index (χ1v) is 4.73. The maximum atomic E-state index is 5.56. The molecule has 0 radical (unpaired) electrons. The fourth-order valence-corrected chi connectivity index (χ4v) is 2.22. The zero-order valence-electron chi connectivity index (χ0n) is 6.76. The Kier molecular flexibility index (Phi) is 1.86. The van der Waals surface area contributed by atoms with Gasteiger partial charge in [-0.3, -0.25) is 0 Å². The first kappa shape index (κ1) is 7.76. The molecule has 12 heavy (non-hydrogen) atoms. The van der Waals surface area contributed by atoms with Crippen LogP contribution >= 0.6 is 11.3 Å². The van der Waals surface area contributed by atoms with Gasteiger partial charge in [-0.05, 0) is 0 Å². The standard InChI is InChI=1S/C8H11N3S/c1-5(9)8-11-6-2-3-10-4-7(6)12-8/h10H,1-4,9H2. The van der Waals surface area contributed by atoms with Crippen LogP contribution in [0.1, 0.15) is 15.6 Å². The van der Waals surface area contributed by atoms with Crippen molar-refractivity contribution in [3.8, 4) is 0 Å². The van der Waals surface area contributed by atoms with Gasteiger partial charge in [-0.1, -0.05) is 6.58 Å². The Balaban J connectivity index is 2.38. The van der Waals surface area contributed by atoms with Crippen LogP contribution in [0.5, 0.6) is 0 Å². The van der Waals surface area contributed by atoms with Gasteiger partial charge in [-0.2, -0.15) is 0 Å². The van der Waals surface area contributed by atoms with E-state index in [1.54, 1.807) is 11.3 Å². The molecule has 0 fully saturated rings. The molecule has 0 atom stereocenters. The molecular formula is C8H11N3S. The number of nitrogens with one attached hydrogen (secondary N) is 1. The van der Waals surface area contributed by atoms with Gasteiger partial charge in [0, 0.05) is 24.4 Å². The molecule has 0 spiro atoms. The van der Waals surface area contributed by atoms with Crippen molar-refractivity contribution >= 4 is 17.0 Å². The van der Waals surface area contributed by atoms with E-state index in [-0.39, 0.29) is 0 Å². The molecule has 4 heteroatoms. The number of aromatic nitrogens is 1. The van der Waals surface area contributed by atoms with Crippen molar-refractivity contribution in [3.05, 3.63) is 22.2 Å². The molecule has 3 N–H and O–H groups in total. The number of hydrogen-bond acceptors (Lipinski definition) is 4. The Morgan fingerprint density at radius 2 is 2.50 bits per heavy atom. The van der Waals surface area contributed by atoms with Crippen LogP contribution in [0, 0.1) is 0 Å². The van der Waals surface area contributed by atoms with Crippen molar-refractivity contribution in [1.29, 1.82) is 0 Å². The molecule has 0 amide bonds. The summed E-state index contributed by atoms with van der Waals surface area (Å²) in [6, 6.07) is 0. The summed E-state index contributed by atoms with van der Waals surface area (Å²) < 4.78 is 0. The van der Waals surface area contributed by atoms with Crippen LogP contribution in [-0.4, -0.2) is 11.5 Å². The minimum atomic E-state index is 0.578. The highest BCUT2D eigenvalue weighted by Gasteiger charge is 2.14. The Bertz CT molecular complexity index is 293. The van der Waals surface area contributed by atoms with Gasteiger partial charge >= 0.3 is 0 Å². The molecule has 2 heterocycles. The summed E-state index contributed by atoms with van der Waals surface area (Å²) in [6.07, 6.45) is 1.01. The number of thiazole rings is 1. The van der Waals surface area contributed by atoms with Crippen molar-refractivity contribution in [2.45, 2.75) is 13.0 Å². The molecule has 0 bridgehead atoms. The van der Waals surface area contributed by atoms with Gasteiger partial charge in [0.1, 0.15) is 5.01 Å². The highest BCUT2D eigenvalue weighted by molar-refractivity contribution is 7.12. The summed E-state index contributed by atoms with van der Waals surface area (Å²) in [5.74, 6) is 0. The van der Waals surface area contributed by atoms with Crippen molar-refractivity contribution in [2.24, 2.45) is 5.73 Å². The Hall–Kier alpha value is -0.870. The fourth-order valence-electron chi connectivity index (χ4n) is 1.26. The number of hydrogen-bond donors (Lipinski definition) is 2. The highest BCUT2D eigenvalue weighted by Crippen LogP contribution is 2.23. The fraction of sp³-hybridized carbons (Fsp3) is 0.375. The third kappa shape index (κ3) is 1.23. The maximum Gasteiger partial charge on any atom is 0.139 e. The third-order valence-corrected chi connectivity index (χ3v) is 3.05. The van der Waals surface area contributed by atoms with E-state index in [1.807, 2.05) is 0 Å². The third-order valence-electron chi connectivity index (χ3n) is 1.88. The Labute approximate surface area is 75.3 Å². The number of nitrogens with two attached hydrogens (primary N) is 1. The quantitative estimate of drug-likeness (QED) is 0.671. The molecule has 64 valence electrons. The number of rotatable bonds is 1. The van der Waals surface area contributed by atoms with Crippen molar-refractivity contribution in [2.75, 3.05) is 6.54 Å². The van der Waals surface area contributed by atoms with E-state index in [1.165, 1.54) is 10.6 Å². The summed E-state index contributed by atoms with van der Waals surface area (Å²) in [7, 11) is 0. The van der Waals surface area contributed by atoms with Gasteiger partial charge in [0.2, 0.25) is 0 Å². The Morgan fingerprint density at radius 3 is 3.17 bits per heavy atom. The molecule has 1 aromatic heterocycles. The lowest BCUT2D eigenvalue weighted by atomic mass is 10.2. The summed E-state index contributed by atoms with van der Waals surface area (Å²) in [5.41, 5.74) is 7.33. The molecule has 0 aromatic carbocycles. The van der Waals surface area contributed by atoms with Crippen LogP contribution in [0.25, 0.3) is 5.70 Å². The van der Waals surface area contributed by atoms with E-state index in [4.69, 9.17) is 5.73 Å². The smallest absolute Gasteiger partial charge is 0.139 e. The summed E-state index contributed by atoms with van der Waals surface area (Å²) in [5, 5.41) is 4.17. The summed E-state index contributed by atoms with van der Waals surface area (Å²) >= 11 is 1.65. The van der Waals surface area contributed by atoms with E-state index in [0.29, 0.717) is 5.70 Å². The van der Waals surface area contributed by atoms with Crippen molar-refractivity contribution in [3.63, 3.8) is 0 Å². The molecule has 0 aliphatic carbocycles. The molecule has 0 saturated heterocycles. The van der Waals surface area contributed by atoms with E-state index < -0.39 is 0 Å². The van der Waals surface area contributed by atoms with Gasteiger partial charge in [0.25, 0.3) is 0 Å². The second kappa shape index (κ2) is 2.88. The van der Waals surface area contributed by atoms with Crippen LogP contribution in [0.2, 0.25) is 0 Å². The molecule has 0 unspecified atom stereocenters. The normalized spacial score (nSPS) is 15.7. The average molecular weight is 181 g/mol. The number of nitrogens with zero attached hydrogens (tertiary/aromatic N) is 1. The van der Waals surface area contributed by atoms with E-state index in [9.17, 15) is 0 Å². The minimum absolute atomic E-state index is 0.578. The van der Waals surface area contributed by atoms with Crippen molar-refractivity contribution < 1.29 is 0 Å². The van der Waals surface area contributed by atoms with E-state index in [2.05, 4.69) is 16.9 Å². The van der Waals surface area contributed by atoms with Crippen LogP contribution < -0.4 is 11.1 Å². The lowest BCUT2D eigenvalue weighted by molar-refractivity contribution is 0.643. The van der Waals surface area contributed by atoms with Gasteiger partial charge in [-0.15, -0.1) is 11.3 Å². The minimum Gasteiger partial charge on any atom is -0.397 e. The van der Waals surface area contributed by atoms with Crippen LogP contribution in [0.3, 0.4) is 0 Å². The lowest BCUT2D eigenvalue weighted by Gasteiger charge is -2.09. The molecule has 2 rings (SSSR count). The predicted molar refractivity (Wildman–Crippen MR) is 50.7 cm³/mol. The Morgan fingerprint density at radius 1 is 1.67 bits per heavy atom. The zero-order valence-corrected chi connectivity index (χ0v) is 7.58. The number of fused-ring (bicyclic) bond motifs is 1. The summed E-state index contributed by atoms with van der Waals surface area (Å²) in [6.45, 7) is 5.63. The highest BCUT2D eigenvalue weighted by atomic mass is 32.1. The lowest BCUT2D eigenvalue weighted by Crippen LogP contribution is -2.22. The van der Waals surface area contributed by atoms with Crippen LogP contribution in [-0.2, 0) is 13.0 Å². The molecule has 3 nitrogen and oxygen atoms in total. The van der Waals surface area contributed by atoms with Crippen molar-refractivity contribution in [1.82, 2.24) is 10.3 Å². The van der Waals surface area contributed by atoms with E-state index >= 15 is 0 Å². The first-order chi connectivity index (χ1) is 5.77. The second-order valence-corrected chi connectivity index (χ2v) is 3.92. The van der Waals surface area contributed by atoms with Gasteiger partial charge in [0.05, 0.1) is 11.4 Å². The van der Waals surface area contributed by atoms with Crippen LogP contribution in [0.4, 0.5) is 0 Å². The molecule has 0 saturated carbocycles. The summed E-state index contributed by atoms with van der Waals surface area (Å²) in [4.78, 5) is 5.71. The zero-order chi connectivity index (χ0) is 8.55. The molecular weight excluding hydrogens is 170 g/mol. The monoisotopic (exact) mass is 181 g/mol. The largest absolute Gasteiger partial charge is 0.397 e. The molecule has 1 aliphatic heterocycles. The van der Waals surface area contributed by atoms with E-state index in [0.717, 1.165) is 24.5 Å². The van der Waals surface area contributed by atoms with Gasteiger partial charge < -0.3 is 11.1 Å². The topological polar surface area (TPSA) is 50.9 Å². The molecule has 1 aromatic rings. The van der Waals surface area contributed by atoms with Gasteiger partial charge in [0.15, 0.2) is 0 Å². The first-order valence-electron chi connectivity index (χ1n) is 3.91. The maximum absolute atomic E-state index is 5.56. The second-order valence-electron chi connectivity index (χ2n) is 2.84. The van der Waals surface area contributed by atoms with Crippen LogP contribution in [0.15, 0.2) is 6.58 Å². The van der Waals surface area contributed by atoms with Gasteiger partial charge in [-0.25, -0.2) is 4.98 Å². The molecule has 1 aliphatic rings.